The second-order valence-corrected chi connectivity index (χ2v) is 6.57. The highest BCUT2D eigenvalue weighted by Gasteiger charge is 2.09. The first kappa shape index (κ1) is 19.3. The Morgan fingerprint density at radius 2 is 1.96 bits per heavy atom. The molecule has 3 aromatic rings. The Morgan fingerprint density at radius 1 is 1.21 bits per heavy atom. The lowest BCUT2D eigenvalue weighted by atomic mass is 10.1. The molecule has 0 aliphatic carbocycles. The normalized spacial score (nSPS) is 10.6. The Kier molecular flexibility index (Phi) is 6.50. The summed E-state index contributed by atoms with van der Waals surface area (Å²) in [5.41, 5.74) is 7.54. The number of aryl methyl sites for hydroxylation is 2. The van der Waals surface area contributed by atoms with E-state index in [2.05, 4.69) is 27.0 Å². The summed E-state index contributed by atoms with van der Waals surface area (Å²) in [5.74, 6) is 0. The number of aromatic nitrogens is 2. The van der Waals surface area contributed by atoms with Gasteiger partial charge in [-0.25, -0.2) is 0 Å². The number of anilines is 1. The SMILES string of the molecule is Cc1ccc(NC(=S)N/N=C\c2cn(CCC#N)nc2-c2ccccc2)cc1. The number of nitrogens with one attached hydrogen (secondary N) is 2. The van der Waals surface area contributed by atoms with E-state index in [1.54, 1.807) is 10.9 Å². The van der Waals surface area contributed by atoms with E-state index in [4.69, 9.17) is 17.5 Å². The Morgan fingerprint density at radius 3 is 2.68 bits per heavy atom. The Balaban J connectivity index is 1.71. The predicted octanol–water partition coefficient (Wildman–Crippen LogP) is 4.09. The Bertz CT molecular complexity index is 1000. The highest BCUT2D eigenvalue weighted by atomic mass is 32.1. The van der Waals surface area contributed by atoms with Crippen LogP contribution in [0.25, 0.3) is 11.3 Å². The van der Waals surface area contributed by atoms with Crippen LogP contribution < -0.4 is 10.7 Å². The second-order valence-electron chi connectivity index (χ2n) is 6.16. The standard InChI is InChI=1S/C21H20N6S/c1-16-8-10-19(11-9-16)24-21(28)25-23-14-18-15-27(13-5-12-22)26-20(18)17-6-3-2-4-7-17/h2-4,6-11,14-15H,5,13H2,1H3,(H2,24,25,28)/b23-14-. The molecule has 2 aromatic carbocycles. The van der Waals surface area contributed by atoms with Gasteiger partial charge in [0, 0.05) is 23.0 Å². The number of benzene rings is 2. The quantitative estimate of drug-likeness (QED) is 0.378. The van der Waals surface area contributed by atoms with Crippen molar-refractivity contribution in [3.63, 3.8) is 0 Å². The van der Waals surface area contributed by atoms with Crippen molar-refractivity contribution >= 4 is 29.2 Å². The van der Waals surface area contributed by atoms with Gasteiger partial charge in [0.2, 0.25) is 0 Å². The number of thiocarbonyl (C=S) groups is 1. The first-order chi connectivity index (χ1) is 13.7. The first-order valence-electron chi connectivity index (χ1n) is 8.82. The minimum atomic E-state index is 0.398. The van der Waals surface area contributed by atoms with E-state index in [0.717, 1.165) is 22.5 Å². The van der Waals surface area contributed by atoms with E-state index >= 15 is 0 Å². The van der Waals surface area contributed by atoms with Crippen molar-refractivity contribution in [1.29, 1.82) is 5.26 Å². The summed E-state index contributed by atoms with van der Waals surface area (Å²) in [7, 11) is 0. The monoisotopic (exact) mass is 388 g/mol. The second kappa shape index (κ2) is 9.44. The van der Waals surface area contributed by atoms with Crippen LogP contribution in [-0.2, 0) is 6.54 Å². The summed E-state index contributed by atoms with van der Waals surface area (Å²) in [5, 5.41) is 21.1. The van der Waals surface area contributed by atoms with Gasteiger partial charge in [0.05, 0.1) is 25.2 Å². The molecular formula is C21H20N6S. The van der Waals surface area contributed by atoms with Crippen molar-refractivity contribution in [2.45, 2.75) is 19.9 Å². The van der Waals surface area contributed by atoms with E-state index in [1.165, 1.54) is 5.56 Å². The van der Waals surface area contributed by atoms with Crippen molar-refractivity contribution in [2.24, 2.45) is 5.10 Å². The summed E-state index contributed by atoms with van der Waals surface area (Å²) in [6, 6.07) is 19.9. The van der Waals surface area contributed by atoms with E-state index < -0.39 is 0 Å². The summed E-state index contributed by atoms with van der Waals surface area (Å²) < 4.78 is 1.76. The van der Waals surface area contributed by atoms with Gasteiger partial charge in [-0.15, -0.1) is 0 Å². The van der Waals surface area contributed by atoms with Crippen molar-refractivity contribution in [2.75, 3.05) is 5.32 Å². The van der Waals surface area contributed by atoms with Gasteiger partial charge < -0.3 is 5.32 Å². The fraction of sp³-hybridized carbons (Fsp3) is 0.143. The smallest absolute Gasteiger partial charge is 0.191 e. The van der Waals surface area contributed by atoms with Gasteiger partial charge in [-0.05, 0) is 31.3 Å². The largest absolute Gasteiger partial charge is 0.331 e. The fourth-order valence-electron chi connectivity index (χ4n) is 2.59. The third-order valence-electron chi connectivity index (χ3n) is 3.97. The molecule has 1 heterocycles. The van der Waals surface area contributed by atoms with Gasteiger partial charge in [-0.3, -0.25) is 10.1 Å². The Hall–Kier alpha value is -3.50. The molecule has 28 heavy (non-hydrogen) atoms. The molecule has 0 unspecified atom stereocenters. The van der Waals surface area contributed by atoms with Crippen LogP contribution in [0.15, 0.2) is 65.9 Å². The average molecular weight is 389 g/mol. The highest BCUT2D eigenvalue weighted by Crippen LogP contribution is 2.20. The summed E-state index contributed by atoms with van der Waals surface area (Å²) in [6.45, 7) is 2.57. The van der Waals surface area contributed by atoms with Crippen molar-refractivity contribution in [1.82, 2.24) is 15.2 Å². The number of hydrazone groups is 1. The zero-order valence-electron chi connectivity index (χ0n) is 15.5. The maximum Gasteiger partial charge on any atom is 0.191 e. The van der Waals surface area contributed by atoms with E-state index in [-0.39, 0.29) is 0 Å². The van der Waals surface area contributed by atoms with Gasteiger partial charge in [0.1, 0.15) is 5.69 Å². The van der Waals surface area contributed by atoms with E-state index in [0.29, 0.717) is 18.1 Å². The topological polar surface area (TPSA) is 78.0 Å². The molecular weight excluding hydrogens is 368 g/mol. The minimum Gasteiger partial charge on any atom is -0.331 e. The van der Waals surface area contributed by atoms with Crippen LogP contribution in [0.5, 0.6) is 0 Å². The third kappa shape index (κ3) is 5.25. The molecule has 0 atom stereocenters. The van der Waals surface area contributed by atoms with Crippen LogP contribution >= 0.6 is 12.2 Å². The molecule has 0 aliphatic rings. The number of hydrogen-bond acceptors (Lipinski definition) is 4. The average Bonchev–Trinajstić information content (AvgIpc) is 3.12. The number of rotatable bonds is 6. The first-order valence-corrected chi connectivity index (χ1v) is 9.23. The molecule has 0 radical (unpaired) electrons. The van der Waals surface area contributed by atoms with E-state index in [9.17, 15) is 0 Å². The van der Waals surface area contributed by atoms with Crippen molar-refractivity contribution in [3.8, 4) is 17.3 Å². The molecule has 0 aliphatic heterocycles. The lowest BCUT2D eigenvalue weighted by molar-refractivity contribution is 0.629. The summed E-state index contributed by atoms with van der Waals surface area (Å²) in [4.78, 5) is 0. The zero-order chi connectivity index (χ0) is 19.8. The van der Waals surface area contributed by atoms with Crippen LogP contribution in [0, 0.1) is 18.3 Å². The molecule has 0 amide bonds. The van der Waals surface area contributed by atoms with E-state index in [1.807, 2.05) is 67.7 Å². The minimum absolute atomic E-state index is 0.398. The molecule has 0 bridgehead atoms. The maximum atomic E-state index is 8.81. The highest BCUT2D eigenvalue weighted by molar-refractivity contribution is 7.80. The lowest BCUT2D eigenvalue weighted by Crippen LogP contribution is -2.23. The molecule has 0 fully saturated rings. The van der Waals surface area contributed by atoms with Gasteiger partial charge >= 0.3 is 0 Å². The Labute approximate surface area is 169 Å². The number of hydrogen-bond donors (Lipinski definition) is 2. The number of nitrogens with zero attached hydrogens (tertiary/aromatic N) is 4. The van der Waals surface area contributed by atoms with Crippen molar-refractivity contribution < 1.29 is 0 Å². The van der Waals surface area contributed by atoms with Crippen LogP contribution in [0.4, 0.5) is 5.69 Å². The van der Waals surface area contributed by atoms with Gasteiger partial charge in [0.15, 0.2) is 5.11 Å². The summed E-state index contributed by atoms with van der Waals surface area (Å²) in [6.07, 6.45) is 3.96. The van der Waals surface area contributed by atoms with Gasteiger partial charge in [-0.1, -0.05) is 48.0 Å². The third-order valence-corrected chi connectivity index (χ3v) is 4.16. The molecule has 0 saturated carbocycles. The molecule has 3 rings (SSSR count). The molecule has 140 valence electrons. The van der Waals surface area contributed by atoms with Crippen LogP contribution in [0.1, 0.15) is 17.5 Å². The zero-order valence-corrected chi connectivity index (χ0v) is 16.3. The number of nitriles is 1. The molecule has 2 N–H and O–H groups in total. The molecule has 6 nitrogen and oxygen atoms in total. The maximum absolute atomic E-state index is 8.81. The molecule has 0 spiro atoms. The fourth-order valence-corrected chi connectivity index (χ4v) is 2.76. The van der Waals surface area contributed by atoms with Crippen LogP contribution in [-0.4, -0.2) is 21.1 Å². The molecule has 1 aromatic heterocycles. The predicted molar refractivity (Wildman–Crippen MR) is 116 cm³/mol. The van der Waals surface area contributed by atoms with Gasteiger partial charge in [-0.2, -0.15) is 15.5 Å². The molecule has 7 heteroatoms. The summed E-state index contributed by atoms with van der Waals surface area (Å²) >= 11 is 5.28. The van der Waals surface area contributed by atoms with Gasteiger partial charge in [0.25, 0.3) is 0 Å². The van der Waals surface area contributed by atoms with Crippen molar-refractivity contribution in [3.05, 3.63) is 71.9 Å². The van der Waals surface area contributed by atoms with Crippen LogP contribution in [0.2, 0.25) is 0 Å². The lowest BCUT2D eigenvalue weighted by Gasteiger charge is -2.06. The van der Waals surface area contributed by atoms with Crippen LogP contribution in [0.3, 0.4) is 0 Å². The molecule has 0 saturated heterocycles.